The number of carbonyl (C=O) groups excluding carboxylic acids is 1. The van der Waals surface area contributed by atoms with Crippen molar-refractivity contribution in [1.29, 1.82) is 0 Å². The second-order valence-electron chi connectivity index (χ2n) is 8.20. The smallest absolute Gasteiger partial charge is 0.271 e. The van der Waals surface area contributed by atoms with E-state index in [0.29, 0.717) is 44.7 Å². The molecule has 3 N–H and O–H groups in total. The lowest BCUT2D eigenvalue weighted by Gasteiger charge is -2.14. The minimum atomic E-state index is -0.374. The molecule has 5 aromatic rings. The van der Waals surface area contributed by atoms with E-state index in [-0.39, 0.29) is 11.3 Å². The summed E-state index contributed by atoms with van der Waals surface area (Å²) in [6.45, 7) is 0. The highest BCUT2D eigenvalue weighted by atomic mass is 16.2. The van der Waals surface area contributed by atoms with Crippen molar-refractivity contribution in [2.45, 2.75) is 19.3 Å². The van der Waals surface area contributed by atoms with Crippen molar-refractivity contribution in [2.75, 3.05) is 5.43 Å². The van der Waals surface area contributed by atoms with Crippen LogP contribution in [0.25, 0.3) is 33.3 Å². The van der Waals surface area contributed by atoms with Crippen molar-refractivity contribution in [3.63, 3.8) is 0 Å². The lowest BCUT2D eigenvalue weighted by Crippen LogP contribution is -2.31. The highest BCUT2D eigenvalue weighted by Gasteiger charge is 2.21. The third-order valence-electron chi connectivity index (χ3n) is 6.11. The maximum atomic E-state index is 13.2. The molecular weight excluding hydrogens is 428 g/mol. The van der Waals surface area contributed by atoms with E-state index in [1.54, 1.807) is 30.5 Å². The van der Waals surface area contributed by atoms with Gasteiger partial charge in [0.05, 0.1) is 11.1 Å². The molecule has 3 aromatic heterocycles. The number of hydrogen-bond donors (Lipinski definition) is 3. The van der Waals surface area contributed by atoms with E-state index < -0.39 is 0 Å². The molecule has 0 aliphatic heterocycles. The van der Waals surface area contributed by atoms with Gasteiger partial charge in [-0.2, -0.15) is 0 Å². The fourth-order valence-electron chi connectivity index (χ4n) is 4.46. The van der Waals surface area contributed by atoms with Crippen molar-refractivity contribution in [2.24, 2.45) is 0 Å². The van der Waals surface area contributed by atoms with Gasteiger partial charge in [-0.1, -0.05) is 24.3 Å². The van der Waals surface area contributed by atoms with Crippen LogP contribution in [-0.2, 0) is 12.8 Å². The molecule has 6 rings (SSSR count). The molecule has 166 valence electrons. The molecule has 0 fully saturated rings. The number of anilines is 1. The number of nitrogens with one attached hydrogen (secondary N) is 3. The minimum Gasteiger partial charge on any atom is -0.354 e. The first-order valence-electron chi connectivity index (χ1n) is 11.1. The standard InChI is InChI=1S/C26H20N6O2/c33-23-15-7-1-2-11-19(15)28-22-17(23)9-5-10-18(22)26(34)32-31-24-16-8-6-13-20(16)29-25(30-24)21-12-3-4-14-27-21/h1-5,7,9-12,14H,6,8,13H2,(H,28,33)(H,32,34)(H,29,30,31). The van der Waals surface area contributed by atoms with Crippen molar-refractivity contribution in [3.05, 3.63) is 93.9 Å². The number of rotatable bonds is 4. The summed E-state index contributed by atoms with van der Waals surface area (Å²) in [5.41, 5.74) is 9.83. The van der Waals surface area contributed by atoms with E-state index in [4.69, 9.17) is 0 Å². The Morgan fingerprint density at radius 3 is 2.65 bits per heavy atom. The molecular formula is C26H20N6O2. The van der Waals surface area contributed by atoms with Gasteiger partial charge in [0, 0.05) is 33.7 Å². The quantitative estimate of drug-likeness (QED) is 0.285. The van der Waals surface area contributed by atoms with Gasteiger partial charge in [0.25, 0.3) is 5.91 Å². The summed E-state index contributed by atoms with van der Waals surface area (Å²) in [5.74, 6) is 0.705. The lowest BCUT2D eigenvalue weighted by molar-refractivity contribution is 0.0964. The highest BCUT2D eigenvalue weighted by molar-refractivity contribution is 6.07. The predicted octanol–water partition coefficient (Wildman–Crippen LogP) is 3.78. The number of amides is 1. The molecule has 0 saturated carbocycles. The molecule has 1 aliphatic carbocycles. The fraction of sp³-hybridized carbons (Fsp3) is 0.115. The highest BCUT2D eigenvalue weighted by Crippen LogP contribution is 2.28. The molecule has 1 aliphatic rings. The van der Waals surface area contributed by atoms with Crippen LogP contribution < -0.4 is 16.3 Å². The van der Waals surface area contributed by atoms with E-state index in [1.165, 1.54) is 0 Å². The summed E-state index contributed by atoms with van der Waals surface area (Å²) in [7, 11) is 0. The number of benzene rings is 2. The number of fused-ring (bicyclic) bond motifs is 3. The van der Waals surface area contributed by atoms with E-state index in [2.05, 4.69) is 30.8 Å². The molecule has 0 radical (unpaired) electrons. The summed E-state index contributed by atoms with van der Waals surface area (Å²) >= 11 is 0. The van der Waals surface area contributed by atoms with Crippen LogP contribution in [0.3, 0.4) is 0 Å². The Labute approximate surface area is 194 Å². The largest absolute Gasteiger partial charge is 0.354 e. The third-order valence-corrected chi connectivity index (χ3v) is 6.11. The fourth-order valence-corrected chi connectivity index (χ4v) is 4.46. The summed E-state index contributed by atoms with van der Waals surface area (Å²) in [5, 5.41) is 1.05. The van der Waals surface area contributed by atoms with E-state index in [9.17, 15) is 9.59 Å². The van der Waals surface area contributed by atoms with E-state index in [1.807, 2.05) is 36.4 Å². The molecule has 1 amide bonds. The first-order chi connectivity index (χ1) is 16.7. The second-order valence-corrected chi connectivity index (χ2v) is 8.20. The van der Waals surface area contributed by atoms with E-state index >= 15 is 0 Å². The summed E-state index contributed by atoms with van der Waals surface area (Å²) in [6, 6.07) is 18.0. The summed E-state index contributed by atoms with van der Waals surface area (Å²) < 4.78 is 0. The first kappa shape index (κ1) is 20.0. The Hall–Kier alpha value is -4.59. The zero-order valence-corrected chi connectivity index (χ0v) is 18.1. The molecule has 0 bridgehead atoms. The van der Waals surface area contributed by atoms with Crippen molar-refractivity contribution >= 4 is 33.5 Å². The Balaban J connectivity index is 1.35. The van der Waals surface area contributed by atoms with Gasteiger partial charge in [-0.3, -0.25) is 25.4 Å². The van der Waals surface area contributed by atoms with Crippen LogP contribution in [0.1, 0.15) is 28.0 Å². The first-order valence-corrected chi connectivity index (χ1v) is 11.1. The monoisotopic (exact) mass is 448 g/mol. The number of para-hydroxylation sites is 2. The Morgan fingerprint density at radius 2 is 1.76 bits per heavy atom. The number of hydrogen-bond acceptors (Lipinski definition) is 6. The molecule has 8 heteroatoms. The maximum absolute atomic E-state index is 13.2. The van der Waals surface area contributed by atoms with Crippen LogP contribution in [0.2, 0.25) is 0 Å². The number of aryl methyl sites for hydroxylation is 1. The molecule has 3 heterocycles. The van der Waals surface area contributed by atoms with Gasteiger partial charge < -0.3 is 4.98 Å². The SMILES string of the molecule is O=C(NNc1nc(-c2ccccn2)nc2c1CCC2)c1cccc2c(=O)c3ccccc3[nH]c12. The van der Waals surface area contributed by atoms with Crippen LogP contribution in [0.5, 0.6) is 0 Å². The molecule has 0 spiro atoms. The number of aromatic nitrogens is 4. The van der Waals surface area contributed by atoms with Gasteiger partial charge in [0.2, 0.25) is 0 Å². The lowest BCUT2D eigenvalue weighted by atomic mass is 10.1. The zero-order chi connectivity index (χ0) is 23.1. The van der Waals surface area contributed by atoms with Crippen LogP contribution in [0, 0.1) is 0 Å². The van der Waals surface area contributed by atoms with Crippen LogP contribution >= 0.6 is 0 Å². The molecule has 34 heavy (non-hydrogen) atoms. The summed E-state index contributed by atoms with van der Waals surface area (Å²) in [6.07, 6.45) is 4.38. The normalized spacial score (nSPS) is 12.6. The van der Waals surface area contributed by atoms with Crippen LogP contribution in [0.4, 0.5) is 5.82 Å². The summed E-state index contributed by atoms with van der Waals surface area (Å²) in [4.78, 5) is 43.1. The molecule has 0 saturated heterocycles. The Kier molecular flexibility index (Phi) is 4.76. The van der Waals surface area contributed by atoms with Gasteiger partial charge in [-0.05, 0) is 55.7 Å². The van der Waals surface area contributed by atoms with Gasteiger partial charge in [-0.25, -0.2) is 9.97 Å². The molecule has 8 nitrogen and oxygen atoms in total. The number of hydrazine groups is 1. The number of nitrogens with zero attached hydrogens (tertiary/aromatic N) is 3. The second kappa shape index (κ2) is 8.08. The molecule has 0 atom stereocenters. The minimum absolute atomic E-state index is 0.111. The number of carbonyl (C=O) groups is 1. The Bertz CT molecular complexity index is 1630. The van der Waals surface area contributed by atoms with Crippen LogP contribution in [-0.4, -0.2) is 25.8 Å². The van der Waals surface area contributed by atoms with Gasteiger partial charge in [-0.15, -0.1) is 0 Å². The Morgan fingerprint density at radius 1 is 0.912 bits per heavy atom. The van der Waals surface area contributed by atoms with Crippen molar-refractivity contribution < 1.29 is 4.79 Å². The third kappa shape index (κ3) is 3.36. The van der Waals surface area contributed by atoms with Crippen molar-refractivity contribution in [3.8, 4) is 11.5 Å². The number of pyridine rings is 2. The molecule has 2 aromatic carbocycles. The predicted molar refractivity (Wildman–Crippen MR) is 130 cm³/mol. The average Bonchev–Trinajstić information content (AvgIpc) is 3.36. The zero-order valence-electron chi connectivity index (χ0n) is 18.1. The average molecular weight is 448 g/mol. The maximum Gasteiger partial charge on any atom is 0.271 e. The van der Waals surface area contributed by atoms with Crippen molar-refractivity contribution in [1.82, 2.24) is 25.4 Å². The van der Waals surface area contributed by atoms with Crippen LogP contribution in [0.15, 0.2) is 71.7 Å². The number of H-pyrrole nitrogens is 1. The van der Waals surface area contributed by atoms with E-state index in [0.717, 1.165) is 30.5 Å². The van der Waals surface area contributed by atoms with Gasteiger partial charge >= 0.3 is 0 Å². The number of aromatic amines is 1. The topological polar surface area (TPSA) is 113 Å². The van der Waals surface area contributed by atoms with Gasteiger partial charge in [0.1, 0.15) is 5.69 Å². The molecule has 0 unspecified atom stereocenters. The van der Waals surface area contributed by atoms with Gasteiger partial charge in [0.15, 0.2) is 17.1 Å².